The van der Waals surface area contributed by atoms with Crippen molar-refractivity contribution in [3.05, 3.63) is 39.9 Å². The fourth-order valence-corrected chi connectivity index (χ4v) is 1.54. The van der Waals surface area contributed by atoms with Crippen molar-refractivity contribution in [2.24, 2.45) is 5.41 Å². The first-order chi connectivity index (χ1) is 7.29. The molecule has 1 atom stereocenters. The molecule has 0 spiro atoms. The summed E-state index contributed by atoms with van der Waals surface area (Å²) in [5, 5.41) is 20.5. The predicted octanol–water partition coefficient (Wildman–Crippen LogP) is 3.06. The lowest BCUT2D eigenvalue weighted by molar-refractivity contribution is -0.385. The molecule has 0 aliphatic rings. The van der Waals surface area contributed by atoms with Crippen LogP contribution in [-0.4, -0.2) is 10.0 Å². The van der Waals surface area contributed by atoms with E-state index >= 15 is 0 Å². The summed E-state index contributed by atoms with van der Waals surface area (Å²) in [7, 11) is 0. The minimum atomic E-state index is -0.653. The van der Waals surface area contributed by atoms with E-state index in [2.05, 4.69) is 0 Å². The summed E-state index contributed by atoms with van der Waals surface area (Å²) >= 11 is 0. The van der Waals surface area contributed by atoms with Crippen molar-refractivity contribution in [2.75, 3.05) is 0 Å². The molecule has 0 saturated heterocycles. The van der Waals surface area contributed by atoms with E-state index in [-0.39, 0.29) is 11.1 Å². The Kier molecular flexibility index (Phi) is 3.65. The van der Waals surface area contributed by atoms with Gasteiger partial charge < -0.3 is 5.11 Å². The third-order valence-electron chi connectivity index (χ3n) is 2.27. The molecule has 1 aromatic rings. The van der Waals surface area contributed by atoms with Crippen LogP contribution in [-0.2, 0) is 0 Å². The standard InChI is InChI=1S/C12H17NO3/c1-12(2,3)8-11(14)9-5-4-6-10(7-9)13(15)16/h4-7,11,14H,8H2,1-3H3. The second-order valence-electron chi connectivity index (χ2n) is 5.13. The summed E-state index contributed by atoms with van der Waals surface area (Å²) in [5.41, 5.74) is 0.610. The monoisotopic (exact) mass is 223 g/mol. The molecule has 0 aromatic heterocycles. The Morgan fingerprint density at radius 3 is 2.56 bits per heavy atom. The fourth-order valence-electron chi connectivity index (χ4n) is 1.54. The maximum Gasteiger partial charge on any atom is 0.269 e. The number of nitro groups is 1. The van der Waals surface area contributed by atoms with Crippen LogP contribution in [0.25, 0.3) is 0 Å². The summed E-state index contributed by atoms with van der Waals surface area (Å²) < 4.78 is 0. The molecule has 0 aliphatic carbocycles. The zero-order chi connectivity index (χ0) is 12.3. The van der Waals surface area contributed by atoms with Crippen LogP contribution in [0.15, 0.2) is 24.3 Å². The van der Waals surface area contributed by atoms with Crippen molar-refractivity contribution in [3.63, 3.8) is 0 Å². The van der Waals surface area contributed by atoms with E-state index in [9.17, 15) is 15.2 Å². The molecular weight excluding hydrogens is 206 g/mol. The van der Waals surface area contributed by atoms with E-state index in [0.717, 1.165) is 0 Å². The number of nitrogens with zero attached hydrogens (tertiary/aromatic N) is 1. The van der Waals surface area contributed by atoms with Gasteiger partial charge in [0.05, 0.1) is 11.0 Å². The smallest absolute Gasteiger partial charge is 0.269 e. The normalized spacial score (nSPS) is 13.5. The highest BCUT2D eigenvalue weighted by atomic mass is 16.6. The highest BCUT2D eigenvalue weighted by Gasteiger charge is 2.19. The third kappa shape index (κ3) is 3.62. The summed E-state index contributed by atoms with van der Waals surface area (Å²) in [6.45, 7) is 6.06. The largest absolute Gasteiger partial charge is 0.388 e. The Hall–Kier alpha value is -1.42. The van der Waals surface area contributed by atoms with E-state index in [4.69, 9.17) is 0 Å². The zero-order valence-electron chi connectivity index (χ0n) is 9.80. The zero-order valence-corrected chi connectivity index (χ0v) is 9.80. The molecular formula is C12H17NO3. The number of hydrogen-bond donors (Lipinski definition) is 1. The Morgan fingerprint density at radius 2 is 2.06 bits per heavy atom. The maximum absolute atomic E-state index is 10.6. The molecule has 0 saturated carbocycles. The summed E-state index contributed by atoms with van der Waals surface area (Å²) in [6, 6.07) is 6.16. The number of benzene rings is 1. The summed E-state index contributed by atoms with van der Waals surface area (Å²) in [4.78, 5) is 10.1. The van der Waals surface area contributed by atoms with Gasteiger partial charge in [0.1, 0.15) is 0 Å². The molecule has 88 valence electrons. The van der Waals surface area contributed by atoms with Crippen LogP contribution in [0.4, 0.5) is 5.69 Å². The lowest BCUT2D eigenvalue weighted by Gasteiger charge is -2.22. The number of nitro benzene ring substituents is 1. The number of rotatable bonds is 3. The molecule has 16 heavy (non-hydrogen) atoms. The van der Waals surface area contributed by atoms with Gasteiger partial charge in [-0.25, -0.2) is 0 Å². The van der Waals surface area contributed by atoms with Crippen molar-refractivity contribution in [1.82, 2.24) is 0 Å². The fraction of sp³-hybridized carbons (Fsp3) is 0.500. The predicted molar refractivity (Wildman–Crippen MR) is 62.1 cm³/mol. The van der Waals surface area contributed by atoms with Gasteiger partial charge >= 0.3 is 0 Å². The minimum Gasteiger partial charge on any atom is -0.388 e. The van der Waals surface area contributed by atoms with Gasteiger partial charge in [-0.1, -0.05) is 32.9 Å². The second kappa shape index (κ2) is 4.61. The van der Waals surface area contributed by atoms with E-state index in [1.165, 1.54) is 12.1 Å². The number of aliphatic hydroxyl groups excluding tert-OH is 1. The molecule has 1 rings (SSSR count). The van der Waals surface area contributed by atoms with Crippen LogP contribution in [0.1, 0.15) is 38.9 Å². The Bertz CT molecular complexity index is 382. The van der Waals surface area contributed by atoms with Crippen LogP contribution in [0.2, 0.25) is 0 Å². The Labute approximate surface area is 95.1 Å². The quantitative estimate of drug-likeness (QED) is 0.632. The molecule has 1 N–H and O–H groups in total. The van der Waals surface area contributed by atoms with Crippen molar-refractivity contribution < 1.29 is 10.0 Å². The molecule has 4 heteroatoms. The summed E-state index contributed by atoms with van der Waals surface area (Å²) in [6.07, 6.45) is -0.0753. The van der Waals surface area contributed by atoms with Crippen LogP contribution in [0, 0.1) is 15.5 Å². The van der Waals surface area contributed by atoms with E-state index < -0.39 is 11.0 Å². The number of hydrogen-bond acceptors (Lipinski definition) is 3. The van der Waals surface area contributed by atoms with Gasteiger partial charge in [-0.3, -0.25) is 10.1 Å². The average molecular weight is 223 g/mol. The van der Waals surface area contributed by atoms with Crippen LogP contribution in [0.5, 0.6) is 0 Å². The first-order valence-electron chi connectivity index (χ1n) is 5.22. The Morgan fingerprint density at radius 1 is 1.44 bits per heavy atom. The molecule has 4 nitrogen and oxygen atoms in total. The maximum atomic E-state index is 10.6. The van der Waals surface area contributed by atoms with Gasteiger partial charge in [0, 0.05) is 12.1 Å². The molecule has 0 heterocycles. The molecule has 0 amide bonds. The molecule has 0 bridgehead atoms. The van der Waals surface area contributed by atoms with Crippen LogP contribution >= 0.6 is 0 Å². The van der Waals surface area contributed by atoms with Gasteiger partial charge in [0.15, 0.2) is 0 Å². The molecule has 0 radical (unpaired) electrons. The van der Waals surface area contributed by atoms with E-state index in [1.807, 2.05) is 20.8 Å². The van der Waals surface area contributed by atoms with Crippen LogP contribution in [0.3, 0.4) is 0 Å². The highest BCUT2D eigenvalue weighted by molar-refractivity contribution is 5.35. The molecule has 1 aromatic carbocycles. The average Bonchev–Trinajstić information content (AvgIpc) is 2.15. The van der Waals surface area contributed by atoms with Crippen LogP contribution < -0.4 is 0 Å². The number of aliphatic hydroxyl groups is 1. The van der Waals surface area contributed by atoms with E-state index in [0.29, 0.717) is 12.0 Å². The van der Waals surface area contributed by atoms with Crippen molar-refractivity contribution in [1.29, 1.82) is 0 Å². The van der Waals surface area contributed by atoms with Crippen molar-refractivity contribution >= 4 is 5.69 Å². The topological polar surface area (TPSA) is 63.4 Å². The lowest BCUT2D eigenvalue weighted by Crippen LogP contribution is -2.11. The highest BCUT2D eigenvalue weighted by Crippen LogP contribution is 2.30. The van der Waals surface area contributed by atoms with Gasteiger partial charge in [0.25, 0.3) is 5.69 Å². The first kappa shape index (κ1) is 12.6. The van der Waals surface area contributed by atoms with Gasteiger partial charge in [-0.05, 0) is 17.4 Å². The SMILES string of the molecule is CC(C)(C)CC(O)c1cccc([N+](=O)[O-])c1. The van der Waals surface area contributed by atoms with Crippen molar-refractivity contribution in [2.45, 2.75) is 33.3 Å². The van der Waals surface area contributed by atoms with Gasteiger partial charge in [0.2, 0.25) is 0 Å². The minimum absolute atomic E-state index is 0.00988. The van der Waals surface area contributed by atoms with E-state index in [1.54, 1.807) is 12.1 Å². The molecule has 0 aliphatic heterocycles. The Balaban J connectivity index is 2.87. The number of non-ortho nitro benzene ring substituents is 1. The molecule has 1 unspecified atom stereocenters. The van der Waals surface area contributed by atoms with Crippen molar-refractivity contribution in [3.8, 4) is 0 Å². The first-order valence-corrected chi connectivity index (χ1v) is 5.22. The van der Waals surface area contributed by atoms with Gasteiger partial charge in [-0.2, -0.15) is 0 Å². The second-order valence-corrected chi connectivity index (χ2v) is 5.13. The van der Waals surface area contributed by atoms with Gasteiger partial charge in [-0.15, -0.1) is 0 Å². The third-order valence-corrected chi connectivity index (χ3v) is 2.27. The molecule has 0 fully saturated rings. The summed E-state index contributed by atoms with van der Waals surface area (Å²) in [5.74, 6) is 0. The lowest BCUT2D eigenvalue weighted by atomic mass is 9.87.